The fraction of sp³-hybridized carbons (Fsp3) is 0.278. The Morgan fingerprint density at radius 2 is 1.92 bits per heavy atom. The van der Waals surface area contributed by atoms with Gasteiger partial charge >= 0.3 is 0 Å². The van der Waals surface area contributed by atoms with Crippen LogP contribution in [0.25, 0.3) is 10.6 Å². The summed E-state index contributed by atoms with van der Waals surface area (Å²) in [5.74, 6) is 0.304. The molecule has 3 aromatic rings. The minimum atomic E-state index is -0.206. The average Bonchev–Trinajstić information content (AvgIpc) is 3.14. The summed E-state index contributed by atoms with van der Waals surface area (Å²) in [5, 5.41) is 11.4. The van der Waals surface area contributed by atoms with Gasteiger partial charge in [0.15, 0.2) is 5.82 Å². The molecule has 2 aromatic heterocycles. The molecule has 0 unspecified atom stereocenters. The van der Waals surface area contributed by atoms with Crippen molar-refractivity contribution in [2.45, 2.75) is 33.1 Å². The van der Waals surface area contributed by atoms with E-state index < -0.39 is 0 Å². The third kappa shape index (κ3) is 3.91. The third-order valence-electron chi connectivity index (χ3n) is 3.72. The number of aryl methyl sites for hydroxylation is 1. The first-order valence-electron chi connectivity index (χ1n) is 7.84. The van der Waals surface area contributed by atoms with Gasteiger partial charge < -0.3 is 5.32 Å². The molecule has 7 heteroatoms. The maximum Gasteiger partial charge on any atom is 0.268 e. The lowest BCUT2D eigenvalue weighted by molar-refractivity contribution is 0.102. The molecule has 5 nitrogen and oxygen atoms in total. The summed E-state index contributed by atoms with van der Waals surface area (Å²) in [6, 6.07) is 9.27. The van der Waals surface area contributed by atoms with E-state index in [0.717, 1.165) is 16.3 Å². The van der Waals surface area contributed by atoms with Gasteiger partial charge in [-0.2, -0.15) is 5.10 Å². The number of amides is 1. The summed E-state index contributed by atoms with van der Waals surface area (Å²) in [7, 11) is 0. The van der Waals surface area contributed by atoms with Crippen molar-refractivity contribution >= 4 is 34.7 Å². The lowest BCUT2D eigenvalue weighted by Gasteiger charge is -2.14. The highest BCUT2D eigenvalue weighted by atomic mass is 35.5. The van der Waals surface area contributed by atoms with Gasteiger partial charge in [0.25, 0.3) is 5.91 Å². The molecule has 25 heavy (non-hydrogen) atoms. The Kier molecular flexibility index (Phi) is 4.67. The van der Waals surface area contributed by atoms with Gasteiger partial charge in [0.2, 0.25) is 0 Å². The Balaban J connectivity index is 1.81. The maximum atomic E-state index is 12.6. The predicted molar refractivity (Wildman–Crippen MR) is 103 cm³/mol. The van der Waals surface area contributed by atoms with Crippen molar-refractivity contribution in [1.82, 2.24) is 15.2 Å². The minimum Gasteiger partial charge on any atom is -0.304 e. The standard InChI is InChI=1S/C18H19ClN4OS/c1-10-15(25-17(20-10)11-5-7-12(19)8-6-11)16(24)21-14-9-13(22-23-14)18(2,3)4/h5-9H,1-4H3,(H2,21,22,23,24). The highest BCUT2D eigenvalue weighted by Gasteiger charge is 2.20. The van der Waals surface area contributed by atoms with Gasteiger partial charge in [0.05, 0.1) is 5.69 Å². The van der Waals surface area contributed by atoms with E-state index in [-0.39, 0.29) is 11.3 Å². The van der Waals surface area contributed by atoms with Crippen molar-refractivity contribution in [1.29, 1.82) is 0 Å². The zero-order valence-corrected chi connectivity index (χ0v) is 16.0. The van der Waals surface area contributed by atoms with Crippen LogP contribution >= 0.6 is 22.9 Å². The monoisotopic (exact) mass is 374 g/mol. The molecule has 0 aliphatic rings. The van der Waals surface area contributed by atoms with Gasteiger partial charge in [-0.15, -0.1) is 11.3 Å². The number of thiazole rings is 1. The summed E-state index contributed by atoms with van der Waals surface area (Å²) in [5.41, 5.74) is 2.54. The van der Waals surface area contributed by atoms with Gasteiger partial charge in [-0.05, 0) is 19.1 Å². The highest BCUT2D eigenvalue weighted by molar-refractivity contribution is 7.17. The molecule has 1 aromatic carbocycles. The lowest BCUT2D eigenvalue weighted by Crippen LogP contribution is -2.12. The van der Waals surface area contributed by atoms with E-state index in [1.165, 1.54) is 11.3 Å². The van der Waals surface area contributed by atoms with E-state index in [0.29, 0.717) is 21.4 Å². The molecular weight excluding hydrogens is 356 g/mol. The Bertz CT molecular complexity index is 906. The largest absolute Gasteiger partial charge is 0.304 e. The molecule has 130 valence electrons. The molecule has 0 atom stereocenters. The number of nitrogens with zero attached hydrogens (tertiary/aromatic N) is 2. The van der Waals surface area contributed by atoms with Crippen LogP contribution < -0.4 is 5.32 Å². The second-order valence-corrected chi connectivity index (χ2v) is 8.25. The fourth-order valence-electron chi connectivity index (χ4n) is 2.27. The van der Waals surface area contributed by atoms with E-state index in [2.05, 4.69) is 41.3 Å². The van der Waals surface area contributed by atoms with Gasteiger partial charge in [0, 0.05) is 27.8 Å². The summed E-state index contributed by atoms with van der Waals surface area (Å²) < 4.78 is 0. The van der Waals surface area contributed by atoms with E-state index in [9.17, 15) is 4.79 Å². The topological polar surface area (TPSA) is 70.7 Å². The molecule has 2 N–H and O–H groups in total. The molecule has 0 aliphatic heterocycles. The first-order valence-corrected chi connectivity index (χ1v) is 9.04. The van der Waals surface area contributed by atoms with E-state index in [1.807, 2.05) is 37.3 Å². The SMILES string of the molecule is Cc1nc(-c2ccc(Cl)cc2)sc1C(=O)Nc1cc(C(C)(C)C)[nH]n1. The molecule has 0 saturated carbocycles. The van der Waals surface area contributed by atoms with Crippen LogP contribution in [0.15, 0.2) is 30.3 Å². The van der Waals surface area contributed by atoms with Crippen LogP contribution in [0.1, 0.15) is 41.8 Å². The summed E-state index contributed by atoms with van der Waals surface area (Å²) in [6.45, 7) is 8.07. The second kappa shape index (κ2) is 6.61. The number of H-pyrrole nitrogens is 1. The van der Waals surface area contributed by atoms with Crippen LogP contribution in [-0.4, -0.2) is 21.1 Å². The van der Waals surface area contributed by atoms with Crippen LogP contribution in [0, 0.1) is 6.92 Å². The van der Waals surface area contributed by atoms with E-state index in [4.69, 9.17) is 11.6 Å². The summed E-state index contributed by atoms with van der Waals surface area (Å²) >= 11 is 7.27. The summed E-state index contributed by atoms with van der Waals surface area (Å²) in [6.07, 6.45) is 0. The highest BCUT2D eigenvalue weighted by Crippen LogP contribution is 2.29. The van der Waals surface area contributed by atoms with Gasteiger partial charge in [0.1, 0.15) is 9.88 Å². The molecule has 0 radical (unpaired) electrons. The molecule has 0 spiro atoms. The molecular formula is C18H19ClN4OS. The number of carbonyl (C=O) groups excluding carboxylic acids is 1. The van der Waals surface area contributed by atoms with Gasteiger partial charge in [-0.3, -0.25) is 9.89 Å². The zero-order chi connectivity index (χ0) is 18.2. The Hall–Kier alpha value is -2.18. The number of anilines is 1. The van der Waals surface area contributed by atoms with Crippen LogP contribution in [0.3, 0.4) is 0 Å². The molecule has 3 rings (SSSR count). The van der Waals surface area contributed by atoms with E-state index >= 15 is 0 Å². The van der Waals surface area contributed by atoms with Gasteiger partial charge in [-0.25, -0.2) is 4.98 Å². The molecule has 2 heterocycles. The smallest absolute Gasteiger partial charge is 0.268 e. The molecule has 0 fully saturated rings. The third-order valence-corrected chi connectivity index (χ3v) is 5.18. The number of rotatable bonds is 3. The van der Waals surface area contributed by atoms with Crippen LogP contribution in [0.5, 0.6) is 0 Å². The first kappa shape index (κ1) is 17.6. The van der Waals surface area contributed by atoms with Crippen LogP contribution in [-0.2, 0) is 5.41 Å². The number of nitrogens with one attached hydrogen (secondary N) is 2. The molecule has 0 aliphatic carbocycles. The minimum absolute atomic E-state index is 0.0574. The zero-order valence-electron chi connectivity index (χ0n) is 14.5. The molecule has 0 bridgehead atoms. The predicted octanol–water partition coefficient (Wildman–Crippen LogP) is 5.04. The average molecular weight is 375 g/mol. The summed E-state index contributed by atoms with van der Waals surface area (Å²) in [4.78, 5) is 17.7. The number of hydrogen-bond donors (Lipinski definition) is 2. The fourth-order valence-corrected chi connectivity index (χ4v) is 3.36. The Morgan fingerprint density at radius 1 is 1.24 bits per heavy atom. The van der Waals surface area contributed by atoms with Gasteiger partial charge in [-0.1, -0.05) is 44.5 Å². The van der Waals surface area contributed by atoms with Crippen LogP contribution in [0.4, 0.5) is 5.82 Å². The number of benzene rings is 1. The first-order chi connectivity index (χ1) is 11.7. The maximum absolute atomic E-state index is 12.6. The number of carbonyl (C=O) groups is 1. The number of halogens is 1. The quantitative estimate of drug-likeness (QED) is 0.674. The number of hydrogen-bond acceptors (Lipinski definition) is 4. The van der Waals surface area contributed by atoms with Crippen molar-refractivity contribution < 1.29 is 4.79 Å². The number of aromatic amines is 1. The normalized spacial score (nSPS) is 11.6. The van der Waals surface area contributed by atoms with Crippen LogP contribution in [0.2, 0.25) is 5.02 Å². The lowest BCUT2D eigenvalue weighted by atomic mass is 9.92. The van der Waals surface area contributed by atoms with Crippen molar-refractivity contribution in [2.24, 2.45) is 0 Å². The van der Waals surface area contributed by atoms with Crippen molar-refractivity contribution in [3.8, 4) is 10.6 Å². The Labute approximate surface area is 155 Å². The molecule has 0 saturated heterocycles. The van der Waals surface area contributed by atoms with Crippen molar-refractivity contribution in [3.63, 3.8) is 0 Å². The Morgan fingerprint density at radius 3 is 2.52 bits per heavy atom. The van der Waals surface area contributed by atoms with E-state index in [1.54, 1.807) is 0 Å². The number of aromatic nitrogens is 3. The van der Waals surface area contributed by atoms with Crippen molar-refractivity contribution in [3.05, 3.63) is 51.6 Å². The molecule has 1 amide bonds. The second-order valence-electron chi connectivity index (χ2n) is 6.81. The van der Waals surface area contributed by atoms with Crippen molar-refractivity contribution in [2.75, 3.05) is 5.32 Å².